The van der Waals surface area contributed by atoms with Crippen LogP contribution in [0.4, 0.5) is 0 Å². The highest BCUT2D eigenvalue weighted by Gasteiger charge is 2.66. The minimum Gasteiger partial charge on any atom is -0.481 e. The van der Waals surface area contributed by atoms with E-state index < -0.39 is 11.4 Å². The molecular weight excluding hydrogens is 408 g/mol. The average molecular weight is 457 g/mol. The molecule has 0 aliphatic heterocycles. The lowest BCUT2D eigenvalue weighted by atomic mass is 9.35. The number of rotatable bonds is 4. The standard InChI is InChI=1S/C30H48O3/c1-25(2)13-14-27(5)15-16-29(7)20(21(27)17-25)9-10-23-28(6,18-24(32)33)22(26(3,4)19-31)11-12-30(23,29)8/h9,19,21-23H,10-18H2,1-8H3,(H,32,33). The van der Waals surface area contributed by atoms with Crippen LogP contribution in [-0.2, 0) is 9.59 Å². The average Bonchev–Trinajstić information content (AvgIpc) is 2.69. The molecule has 0 bridgehead atoms. The lowest BCUT2D eigenvalue weighted by Gasteiger charge is -2.69. The highest BCUT2D eigenvalue weighted by molar-refractivity contribution is 5.68. The van der Waals surface area contributed by atoms with Crippen molar-refractivity contribution in [2.24, 2.45) is 50.2 Å². The molecule has 3 heteroatoms. The number of allylic oxidation sites excluding steroid dienone is 2. The van der Waals surface area contributed by atoms with Crippen LogP contribution in [0.15, 0.2) is 11.6 Å². The van der Waals surface area contributed by atoms with Gasteiger partial charge >= 0.3 is 5.97 Å². The zero-order valence-electron chi connectivity index (χ0n) is 22.5. The first kappa shape index (κ1) is 25.0. The lowest BCUT2D eigenvalue weighted by molar-refractivity contribution is -0.176. The van der Waals surface area contributed by atoms with Crippen LogP contribution in [0.25, 0.3) is 0 Å². The van der Waals surface area contributed by atoms with Gasteiger partial charge in [-0.25, -0.2) is 0 Å². The SMILES string of the molecule is CC1(C)CCC2(C)CCC3(C)C(=CCC4C(C)(CC(=O)O)C(C(C)(C)C=O)CCC43C)C2C1. The largest absolute Gasteiger partial charge is 0.481 e. The van der Waals surface area contributed by atoms with E-state index in [1.807, 2.05) is 13.8 Å². The zero-order valence-corrected chi connectivity index (χ0v) is 22.5. The Morgan fingerprint density at radius 2 is 1.70 bits per heavy atom. The Hall–Kier alpha value is -1.12. The topological polar surface area (TPSA) is 54.4 Å². The van der Waals surface area contributed by atoms with E-state index in [2.05, 4.69) is 47.6 Å². The molecule has 0 spiro atoms. The molecule has 1 N–H and O–H groups in total. The van der Waals surface area contributed by atoms with E-state index in [4.69, 9.17) is 0 Å². The molecule has 4 aliphatic rings. The molecule has 186 valence electrons. The Balaban J connectivity index is 1.82. The van der Waals surface area contributed by atoms with Crippen LogP contribution in [0.5, 0.6) is 0 Å². The van der Waals surface area contributed by atoms with E-state index in [1.54, 1.807) is 5.57 Å². The third-order valence-corrected chi connectivity index (χ3v) is 12.1. The van der Waals surface area contributed by atoms with Crippen LogP contribution in [0.1, 0.15) is 113 Å². The van der Waals surface area contributed by atoms with Crippen LogP contribution in [0.2, 0.25) is 0 Å². The van der Waals surface area contributed by atoms with Gasteiger partial charge in [-0.05, 0) is 96.2 Å². The predicted octanol–water partition coefficient (Wildman–Crippen LogP) is 7.69. The molecule has 3 saturated carbocycles. The number of carboxylic acids is 1. The number of aldehydes is 1. The van der Waals surface area contributed by atoms with E-state index in [1.165, 1.54) is 32.1 Å². The Morgan fingerprint density at radius 3 is 2.30 bits per heavy atom. The molecule has 7 unspecified atom stereocenters. The third-order valence-electron chi connectivity index (χ3n) is 12.1. The van der Waals surface area contributed by atoms with Crippen molar-refractivity contribution in [3.8, 4) is 0 Å². The number of aliphatic carboxylic acids is 1. The maximum atomic E-state index is 12.2. The van der Waals surface area contributed by atoms with Crippen molar-refractivity contribution in [3.05, 3.63) is 11.6 Å². The van der Waals surface area contributed by atoms with Gasteiger partial charge in [0.2, 0.25) is 0 Å². The first-order valence-electron chi connectivity index (χ1n) is 13.4. The van der Waals surface area contributed by atoms with Gasteiger partial charge in [0.05, 0.1) is 6.42 Å². The van der Waals surface area contributed by atoms with Crippen molar-refractivity contribution in [2.45, 2.75) is 113 Å². The van der Waals surface area contributed by atoms with Crippen molar-refractivity contribution < 1.29 is 14.7 Å². The summed E-state index contributed by atoms with van der Waals surface area (Å²) in [5, 5.41) is 10.0. The van der Waals surface area contributed by atoms with Gasteiger partial charge < -0.3 is 9.90 Å². The quantitative estimate of drug-likeness (QED) is 0.348. The molecule has 4 rings (SSSR count). The van der Waals surface area contributed by atoms with Gasteiger partial charge in [0.25, 0.3) is 0 Å². The zero-order chi connectivity index (χ0) is 24.7. The van der Waals surface area contributed by atoms with E-state index in [0.717, 1.165) is 25.5 Å². The minimum absolute atomic E-state index is 0.0691. The second-order valence-electron chi connectivity index (χ2n) is 14.9. The number of carbonyl (C=O) groups is 2. The summed E-state index contributed by atoms with van der Waals surface area (Å²) < 4.78 is 0. The third kappa shape index (κ3) is 3.49. The number of hydrogen-bond acceptors (Lipinski definition) is 2. The fourth-order valence-corrected chi connectivity index (χ4v) is 9.76. The van der Waals surface area contributed by atoms with Crippen LogP contribution in [0, 0.1) is 50.2 Å². The molecule has 33 heavy (non-hydrogen) atoms. The van der Waals surface area contributed by atoms with Gasteiger partial charge in [0, 0.05) is 5.41 Å². The number of carbonyl (C=O) groups excluding carboxylic acids is 1. The first-order chi connectivity index (χ1) is 15.0. The predicted molar refractivity (Wildman–Crippen MR) is 134 cm³/mol. The van der Waals surface area contributed by atoms with Crippen LogP contribution in [-0.4, -0.2) is 17.4 Å². The van der Waals surface area contributed by atoms with Crippen molar-refractivity contribution in [2.75, 3.05) is 0 Å². The summed E-state index contributed by atoms with van der Waals surface area (Å²) >= 11 is 0. The highest BCUT2D eigenvalue weighted by Crippen LogP contribution is 2.74. The molecule has 0 amide bonds. The van der Waals surface area contributed by atoms with Gasteiger partial charge in [-0.1, -0.05) is 67.0 Å². The molecule has 0 heterocycles. The molecular formula is C30H48O3. The maximum absolute atomic E-state index is 12.2. The monoisotopic (exact) mass is 456 g/mol. The van der Waals surface area contributed by atoms with E-state index in [-0.39, 0.29) is 34.5 Å². The number of hydrogen-bond donors (Lipinski definition) is 1. The summed E-state index contributed by atoms with van der Waals surface area (Å²) in [6.45, 7) is 18.7. The fraction of sp³-hybridized carbons (Fsp3) is 0.867. The molecule has 0 aromatic heterocycles. The Kier molecular flexibility index (Phi) is 5.63. The number of carboxylic acid groups (broad SMARTS) is 1. The Morgan fingerprint density at radius 1 is 1.06 bits per heavy atom. The van der Waals surface area contributed by atoms with Gasteiger partial charge in [-0.3, -0.25) is 4.79 Å². The fourth-order valence-electron chi connectivity index (χ4n) is 9.76. The summed E-state index contributed by atoms with van der Waals surface area (Å²) in [5.74, 6) is 0.303. The molecule has 3 fully saturated rings. The van der Waals surface area contributed by atoms with Crippen molar-refractivity contribution in [3.63, 3.8) is 0 Å². The summed E-state index contributed by atoms with van der Waals surface area (Å²) in [4.78, 5) is 24.3. The molecule has 7 atom stereocenters. The van der Waals surface area contributed by atoms with Gasteiger partial charge in [-0.2, -0.15) is 0 Å². The molecule has 3 nitrogen and oxygen atoms in total. The summed E-state index contributed by atoms with van der Waals surface area (Å²) in [7, 11) is 0. The maximum Gasteiger partial charge on any atom is 0.303 e. The first-order valence-corrected chi connectivity index (χ1v) is 13.4. The van der Waals surface area contributed by atoms with E-state index in [9.17, 15) is 14.7 Å². The van der Waals surface area contributed by atoms with Gasteiger partial charge in [0.15, 0.2) is 0 Å². The molecule has 0 aromatic carbocycles. The summed E-state index contributed by atoms with van der Waals surface area (Å²) in [6, 6.07) is 0. The lowest BCUT2D eigenvalue weighted by Crippen LogP contribution is -2.62. The number of fused-ring (bicyclic) bond motifs is 5. The van der Waals surface area contributed by atoms with Crippen LogP contribution < -0.4 is 0 Å². The summed E-state index contributed by atoms with van der Waals surface area (Å²) in [5.41, 5.74) is 1.79. The minimum atomic E-state index is -0.723. The Labute approximate surface area is 202 Å². The molecule has 0 aromatic rings. The Bertz CT molecular complexity index is 868. The van der Waals surface area contributed by atoms with E-state index >= 15 is 0 Å². The smallest absolute Gasteiger partial charge is 0.303 e. The highest BCUT2D eigenvalue weighted by atomic mass is 16.4. The summed E-state index contributed by atoms with van der Waals surface area (Å²) in [6.07, 6.45) is 13.2. The van der Waals surface area contributed by atoms with Crippen LogP contribution in [0.3, 0.4) is 0 Å². The van der Waals surface area contributed by atoms with Gasteiger partial charge in [-0.15, -0.1) is 0 Å². The normalized spacial score (nSPS) is 46.9. The molecule has 4 aliphatic carbocycles. The second kappa shape index (κ2) is 7.44. The van der Waals surface area contributed by atoms with Gasteiger partial charge in [0.1, 0.15) is 6.29 Å². The second-order valence-corrected chi connectivity index (χ2v) is 14.9. The molecule has 0 saturated heterocycles. The molecule has 0 radical (unpaired) electrons. The van der Waals surface area contributed by atoms with E-state index in [0.29, 0.717) is 16.7 Å². The van der Waals surface area contributed by atoms with Crippen molar-refractivity contribution in [1.82, 2.24) is 0 Å². The van der Waals surface area contributed by atoms with Crippen molar-refractivity contribution >= 4 is 12.3 Å². The van der Waals surface area contributed by atoms with Crippen LogP contribution >= 0.6 is 0 Å². The van der Waals surface area contributed by atoms with Crippen molar-refractivity contribution in [1.29, 1.82) is 0 Å².